The Hall–Kier alpha value is -2.04. The number of fused-ring (bicyclic) bond motifs is 1. The van der Waals surface area contributed by atoms with Crippen LogP contribution in [0, 0.1) is 6.92 Å². The summed E-state index contributed by atoms with van der Waals surface area (Å²) in [7, 11) is 0. The van der Waals surface area contributed by atoms with Crippen LogP contribution >= 0.6 is 11.3 Å². The van der Waals surface area contributed by atoms with Crippen molar-refractivity contribution in [3.63, 3.8) is 0 Å². The SMILES string of the molecule is Cc1c(C(=O)CC(N)c2cccnc2)sc2ccccc12. The monoisotopic (exact) mass is 296 g/mol. The number of pyridine rings is 1. The zero-order chi connectivity index (χ0) is 14.8. The molecule has 3 aromatic rings. The predicted molar refractivity (Wildman–Crippen MR) is 86.7 cm³/mol. The summed E-state index contributed by atoms with van der Waals surface area (Å²) < 4.78 is 1.15. The molecule has 2 N–H and O–H groups in total. The maximum absolute atomic E-state index is 12.5. The Morgan fingerprint density at radius 1 is 1.29 bits per heavy atom. The highest BCUT2D eigenvalue weighted by atomic mass is 32.1. The van der Waals surface area contributed by atoms with Crippen molar-refractivity contribution < 1.29 is 4.79 Å². The van der Waals surface area contributed by atoms with E-state index in [9.17, 15) is 4.79 Å². The average Bonchev–Trinajstić information content (AvgIpc) is 2.86. The number of benzene rings is 1. The van der Waals surface area contributed by atoms with E-state index in [2.05, 4.69) is 11.1 Å². The van der Waals surface area contributed by atoms with Crippen LogP contribution in [0.2, 0.25) is 0 Å². The van der Waals surface area contributed by atoms with Crippen LogP contribution in [0.1, 0.15) is 33.3 Å². The summed E-state index contributed by atoms with van der Waals surface area (Å²) >= 11 is 1.55. The lowest BCUT2D eigenvalue weighted by molar-refractivity contribution is 0.0978. The number of nitrogens with zero attached hydrogens (tertiary/aromatic N) is 1. The molecule has 1 unspecified atom stereocenters. The highest BCUT2D eigenvalue weighted by molar-refractivity contribution is 7.21. The molecule has 21 heavy (non-hydrogen) atoms. The number of nitrogens with two attached hydrogens (primary N) is 1. The molecule has 1 atom stereocenters. The molecule has 1 aromatic carbocycles. The van der Waals surface area contributed by atoms with Gasteiger partial charge in [0.1, 0.15) is 0 Å². The summed E-state index contributed by atoms with van der Waals surface area (Å²) in [6.45, 7) is 2.00. The van der Waals surface area contributed by atoms with Gasteiger partial charge in [0, 0.05) is 29.6 Å². The largest absolute Gasteiger partial charge is 0.324 e. The number of Topliss-reactive ketones (excluding diaryl/α,β-unsaturated/α-hetero) is 1. The van der Waals surface area contributed by atoms with Crippen LogP contribution in [0.3, 0.4) is 0 Å². The van der Waals surface area contributed by atoms with Crippen molar-refractivity contribution >= 4 is 27.2 Å². The fraction of sp³-hybridized carbons (Fsp3) is 0.176. The van der Waals surface area contributed by atoms with Gasteiger partial charge < -0.3 is 5.73 Å². The molecule has 0 aliphatic heterocycles. The zero-order valence-corrected chi connectivity index (χ0v) is 12.6. The number of hydrogen-bond donors (Lipinski definition) is 1. The third kappa shape index (κ3) is 2.73. The molecule has 0 saturated heterocycles. The second-order valence-electron chi connectivity index (χ2n) is 5.07. The quantitative estimate of drug-likeness (QED) is 0.743. The molecule has 0 aliphatic carbocycles. The van der Waals surface area contributed by atoms with E-state index in [0.717, 1.165) is 26.1 Å². The number of carbonyl (C=O) groups is 1. The lowest BCUT2D eigenvalue weighted by atomic mass is 10.0. The number of carbonyl (C=O) groups excluding carboxylic acids is 1. The number of ketones is 1. The van der Waals surface area contributed by atoms with Gasteiger partial charge in [-0.15, -0.1) is 11.3 Å². The summed E-state index contributed by atoms with van der Waals surface area (Å²) in [5.41, 5.74) is 8.07. The summed E-state index contributed by atoms with van der Waals surface area (Å²) in [5, 5.41) is 1.15. The fourth-order valence-corrected chi connectivity index (χ4v) is 3.60. The lowest BCUT2D eigenvalue weighted by Crippen LogP contribution is -2.15. The van der Waals surface area contributed by atoms with Gasteiger partial charge in [-0.3, -0.25) is 9.78 Å². The molecule has 3 rings (SSSR count). The molecule has 0 amide bonds. The summed E-state index contributed by atoms with van der Waals surface area (Å²) in [6, 6.07) is 11.5. The van der Waals surface area contributed by atoms with Gasteiger partial charge in [0.25, 0.3) is 0 Å². The Bertz CT molecular complexity index is 780. The van der Waals surface area contributed by atoms with Gasteiger partial charge in [0.15, 0.2) is 5.78 Å². The van der Waals surface area contributed by atoms with Gasteiger partial charge in [0.05, 0.1) is 4.88 Å². The van der Waals surface area contributed by atoms with Crippen LogP contribution in [-0.4, -0.2) is 10.8 Å². The second kappa shape index (κ2) is 5.76. The van der Waals surface area contributed by atoms with Gasteiger partial charge in [0.2, 0.25) is 0 Å². The average molecular weight is 296 g/mol. The molecule has 0 radical (unpaired) electrons. The Balaban J connectivity index is 1.86. The summed E-state index contributed by atoms with van der Waals surface area (Å²) in [4.78, 5) is 17.4. The van der Waals surface area contributed by atoms with E-state index in [-0.39, 0.29) is 11.8 Å². The van der Waals surface area contributed by atoms with E-state index in [1.807, 2.05) is 37.3 Å². The third-order valence-corrected chi connectivity index (χ3v) is 4.93. The molecule has 3 nitrogen and oxygen atoms in total. The highest BCUT2D eigenvalue weighted by Crippen LogP contribution is 2.32. The highest BCUT2D eigenvalue weighted by Gasteiger charge is 2.18. The minimum Gasteiger partial charge on any atom is -0.324 e. The fourth-order valence-electron chi connectivity index (χ4n) is 2.45. The molecule has 4 heteroatoms. The van der Waals surface area contributed by atoms with E-state index >= 15 is 0 Å². The molecule has 106 valence electrons. The van der Waals surface area contributed by atoms with E-state index < -0.39 is 0 Å². The topological polar surface area (TPSA) is 56.0 Å². The second-order valence-corrected chi connectivity index (χ2v) is 6.12. The Labute approximate surface area is 127 Å². The molecule has 0 aliphatic rings. The molecule has 0 saturated carbocycles. The molecular weight excluding hydrogens is 280 g/mol. The van der Waals surface area contributed by atoms with Gasteiger partial charge in [-0.25, -0.2) is 0 Å². The molecule has 2 heterocycles. The number of thiophene rings is 1. The normalized spacial score (nSPS) is 12.5. The van der Waals surface area contributed by atoms with Crippen molar-refractivity contribution in [1.29, 1.82) is 0 Å². The van der Waals surface area contributed by atoms with Gasteiger partial charge >= 0.3 is 0 Å². The van der Waals surface area contributed by atoms with Crippen molar-refractivity contribution in [2.24, 2.45) is 5.73 Å². The standard InChI is InChI=1S/C17H16N2OS/c1-11-13-6-2-3-7-16(13)21-17(11)15(20)9-14(18)12-5-4-8-19-10-12/h2-8,10,14H,9,18H2,1H3. The molecule has 2 aromatic heterocycles. The smallest absolute Gasteiger partial charge is 0.174 e. The first-order valence-corrected chi connectivity index (χ1v) is 7.65. The van der Waals surface area contributed by atoms with Gasteiger partial charge in [-0.2, -0.15) is 0 Å². The van der Waals surface area contributed by atoms with E-state index in [1.165, 1.54) is 0 Å². The maximum Gasteiger partial charge on any atom is 0.174 e. The van der Waals surface area contributed by atoms with Crippen molar-refractivity contribution in [3.8, 4) is 0 Å². The van der Waals surface area contributed by atoms with Crippen LogP contribution in [-0.2, 0) is 0 Å². The molecule has 0 bridgehead atoms. The molecule has 0 spiro atoms. The van der Waals surface area contributed by atoms with Crippen LogP contribution in [0.4, 0.5) is 0 Å². The van der Waals surface area contributed by atoms with Gasteiger partial charge in [-0.05, 0) is 35.6 Å². The van der Waals surface area contributed by atoms with E-state index in [0.29, 0.717) is 6.42 Å². The van der Waals surface area contributed by atoms with Crippen molar-refractivity contribution in [1.82, 2.24) is 4.98 Å². The summed E-state index contributed by atoms with van der Waals surface area (Å²) in [6.07, 6.45) is 3.73. The number of aryl methyl sites for hydroxylation is 1. The maximum atomic E-state index is 12.5. The Morgan fingerprint density at radius 3 is 2.81 bits per heavy atom. The van der Waals surface area contributed by atoms with Crippen LogP contribution in [0.25, 0.3) is 10.1 Å². The minimum atomic E-state index is -0.309. The Kier molecular flexibility index (Phi) is 3.82. The molecular formula is C17H16N2OS. The third-order valence-electron chi connectivity index (χ3n) is 3.61. The van der Waals surface area contributed by atoms with Crippen LogP contribution in [0.15, 0.2) is 48.8 Å². The van der Waals surface area contributed by atoms with Crippen LogP contribution in [0.5, 0.6) is 0 Å². The number of rotatable bonds is 4. The summed E-state index contributed by atoms with van der Waals surface area (Å²) in [5.74, 6) is 0.102. The van der Waals surface area contributed by atoms with Crippen molar-refractivity contribution in [3.05, 3.63) is 64.8 Å². The number of aromatic nitrogens is 1. The Morgan fingerprint density at radius 2 is 2.10 bits per heavy atom. The van der Waals surface area contributed by atoms with Crippen molar-refractivity contribution in [2.75, 3.05) is 0 Å². The lowest BCUT2D eigenvalue weighted by Gasteiger charge is -2.10. The first-order chi connectivity index (χ1) is 10.2. The predicted octanol–water partition coefficient (Wildman–Crippen LogP) is 3.88. The van der Waals surface area contributed by atoms with E-state index in [4.69, 9.17) is 5.73 Å². The first-order valence-electron chi connectivity index (χ1n) is 6.83. The number of hydrogen-bond acceptors (Lipinski definition) is 4. The minimum absolute atomic E-state index is 0.102. The van der Waals surface area contributed by atoms with E-state index in [1.54, 1.807) is 23.7 Å². The molecule has 0 fully saturated rings. The van der Waals surface area contributed by atoms with Gasteiger partial charge in [-0.1, -0.05) is 24.3 Å². The van der Waals surface area contributed by atoms with Crippen LogP contribution < -0.4 is 5.73 Å². The first kappa shape index (κ1) is 13.9. The van der Waals surface area contributed by atoms with Crippen molar-refractivity contribution in [2.45, 2.75) is 19.4 Å². The zero-order valence-electron chi connectivity index (χ0n) is 11.7.